The summed E-state index contributed by atoms with van der Waals surface area (Å²) in [5.41, 5.74) is 10.8. The van der Waals surface area contributed by atoms with Crippen molar-refractivity contribution in [3.63, 3.8) is 0 Å². The number of imidazole rings is 1. The monoisotopic (exact) mass is 391 g/mol. The molecule has 0 unspecified atom stereocenters. The summed E-state index contributed by atoms with van der Waals surface area (Å²) >= 11 is 12.3. The zero-order valence-corrected chi connectivity index (χ0v) is 16.8. The van der Waals surface area contributed by atoms with Crippen molar-refractivity contribution in [1.82, 2.24) is 14.5 Å². The standard InChI is InChI=1S/C19H23Cl2N5/c1-4-10-26(11-5-2)14-8-6-12(13-7-9-15(20)23-18(13)21)16-17(14)25(3)19(22)24-16/h6-9H,4-5,10-11H2,1-3H3,(H2,22,24). The van der Waals surface area contributed by atoms with Crippen molar-refractivity contribution in [1.29, 1.82) is 0 Å². The Bertz CT molecular complexity index is 929. The molecule has 0 aliphatic rings. The largest absolute Gasteiger partial charge is 0.370 e. The lowest BCUT2D eigenvalue weighted by atomic mass is 10.0. The van der Waals surface area contributed by atoms with Crippen molar-refractivity contribution >= 4 is 45.9 Å². The number of nitrogen functional groups attached to an aromatic ring is 1. The van der Waals surface area contributed by atoms with Gasteiger partial charge in [-0.3, -0.25) is 0 Å². The molecular weight excluding hydrogens is 369 g/mol. The minimum Gasteiger partial charge on any atom is -0.370 e. The van der Waals surface area contributed by atoms with E-state index in [0.717, 1.165) is 53.8 Å². The van der Waals surface area contributed by atoms with Crippen LogP contribution in [0.1, 0.15) is 26.7 Å². The van der Waals surface area contributed by atoms with Gasteiger partial charge in [-0.15, -0.1) is 0 Å². The number of benzene rings is 1. The third-order valence-electron chi connectivity index (χ3n) is 4.47. The van der Waals surface area contributed by atoms with Crippen molar-refractivity contribution in [3.8, 4) is 11.1 Å². The van der Waals surface area contributed by atoms with E-state index in [-0.39, 0.29) is 0 Å². The number of hydrogen-bond donors (Lipinski definition) is 1. The summed E-state index contributed by atoms with van der Waals surface area (Å²) in [5.74, 6) is 0.472. The molecule has 0 saturated carbocycles. The number of aryl methyl sites for hydroxylation is 1. The molecule has 0 atom stereocenters. The van der Waals surface area contributed by atoms with Crippen LogP contribution in [0.4, 0.5) is 11.6 Å². The molecule has 2 aromatic heterocycles. The summed E-state index contributed by atoms with van der Waals surface area (Å²) in [6.07, 6.45) is 2.15. The van der Waals surface area contributed by atoms with Crippen molar-refractivity contribution in [2.45, 2.75) is 26.7 Å². The topological polar surface area (TPSA) is 60.0 Å². The van der Waals surface area contributed by atoms with Crippen molar-refractivity contribution in [2.75, 3.05) is 23.7 Å². The van der Waals surface area contributed by atoms with Crippen molar-refractivity contribution in [2.24, 2.45) is 7.05 Å². The van der Waals surface area contributed by atoms with Crippen LogP contribution >= 0.6 is 23.2 Å². The van der Waals surface area contributed by atoms with Crippen molar-refractivity contribution in [3.05, 3.63) is 34.6 Å². The lowest BCUT2D eigenvalue weighted by Crippen LogP contribution is -2.25. The van der Waals surface area contributed by atoms with Crippen LogP contribution in [0.5, 0.6) is 0 Å². The minimum absolute atomic E-state index is 0.356. The quantitative estimate of drug-likeness (QED) is 0.590. The molecule has 0 fully saturated rings. The van der Waals surface area contributed by atoms with E-state index in [1.807, 2.05) is 23.7 Å². The van der Waals surface area contributed by atoms with Crippen LogP contribution in [0.15, 0.2) is 24.3 Å². The molecule has 2 N–H and O–H groups in total. The molecule has 0 bridgehead atoms. The fourth-order valence-corrected chi connectivity index (χ4v) is 3.74. The van der Waals surface area contributed by atoms with Crippen LogP contribution in [0.3, 0.4) is 0 Å². The lowest BCUT2D eigenvalue weighted by molar-refractivity contribution is 0.745. The number of hydrogen-bond acceptors (Lipinski definition) is 4. The molecule has 3 rings (SSSR count). The van der Waals surface area contributed by atoms with Gasteiger partial charge in [-0.05, 0) is 37.1 Å². The third kappa shape index (κ3) is 3.33. The number of halogens is 2. The van der Waals surface area contributed by atoms with Crippen LogP contribution in [-0.4, -0.2) is 27.6 Å². The van der Waals surface area contributed by atoms with Gasteiger partial charge in [-0.25, -0.2) is 9.97 Å². The Morgan fingerprint density at radius 3 is 2.27 bits per heavy atom. The Morgan fingerprint density at radius 2 is 1.65 bits per heavy atom. The Hall–Kier alpha value is -1.98. The number of fused-ring (bicyclic) bond motifs is 1. The molecule has 0 spiro atoms. The smallest absolute Gasteiger partial charge is 0.201 e. The summed E-state index contributed by atoms with van der Waals surface area (Å²) in [6.45, 7) is 6.34. The summed E-state index contributed by atoms with van der Waals surface area (Å²) in [6, 6.07) is 7.76. The maximum atomic E-state index is 6.34. The number of rotatable bonds is 6. The molecule has 7 heteroatoms. The SMILES string of the molecule is CCCN(CCC)c1ccc(-c2ccc(Cl)nc2Cl)c2nc(N)n(C)c12. The Balaban J connectivity index is 2.26. The van der Waals surface area contributed by atoms with Crippen LogP contribution < -0.4 is 10.6 Å². The molecule has 1 aromatic carbocycles. The summed E-state index contributed by atoms with van der Waals surface area (Å²) in [7, 11) is 1.94. The Morgan fingerprint density at radius 1 is 1.00 bits per heavy atom. The molecule has 0 amide bonds. The van der Waals surface area contributed by atoms with Gasteiger partial charge in [-0.2, -0.15) is 0 Å². The molecule has 26 heavy (non-hydrogen) atoms. The van der Waals surface area contributed by atoms with Crippen LogP contribution in [0.25, 0.3) is 22.2 Å². The zero-order chi connectivity index (χ0) is 18.8. The molecule has 0 aliphatic heterocycles. The Labute approximate surface area is 163 Å². The third-order valence-corrected chi connectivity index (χ3v) is 4.97. The number of nitrogens with two attached hydrogens (primary N) is 1. The highest BCUT2D eigenvalue weighted by molar-refractivity contribution is 6.34. The second-order valence-corrected chi connectivity index (χ2v) is 7.06. The first-order valence-corrected chi connectivity index (χ1v) is 9.55. The first kappa shape index (κ1) is 18.8. The van der Waals surface area contributed by atoms with Crippen LogP contribution in [-0.2, 0) is 7.05 Å². The highest BCUT2D eigenvalue weighted by Crippen LogP contribution is 2.38. The fraction of sp³-hybridized carbons (Fsp3) is 0.368. The first-order chi connectivity index (χ1) is 12.5. The van der Waals surface area contributed by atoms with Gasteiger partial charge in [0, 0.05) is 31.3 Å². The maximum Gasteiger partial charge on any atom is 0.201 e. The average Bonchev–Trinajstić information content (AvgIpc) is 2.90. The molecule has 0 radical (unpaired) electrons. The maximum absolute atomic E-state index is 6.34. The summed E-state index contributed by atoms with van der Waals surface area (Å²) < 4.78 is 1.93. The van der Waals surface area contributed by atoms with Gasteiger partial charge in [-0.1, -0.05) is 37.0 Å². The number of nitrogens with zero attached hydrogens (tertiary/aromatic N) is 4. The van der Waals surface area contributed by atoms with Crippen LogP contribution in [0.2, 0.25) is 10.3 Å². The number of aromatic nitrogens is 3. The molecule has 0 aliphatic carbocycles. The zero-order valence-electron chi connectivity index (χ0n) is 15.3. The summed E-state index contributed by atoms with van der Waals surface area (Å²) in [4.78, 5) is 11.2. The molecule has 138 valence electrons. The summed E-state index contributed by atoms with van der Waals surface area (Å²) in [5, 5.41) is 0.721. The molecular formula is C19H23Cl2N5. The van der Waals surface area contributed by atoms with E-state index < -0.39 is 0 Å². The van der Waals surface area contributed by atoms with E-state index in [0.29, 0.717) is 16.3 Å². The second-order valence-electron chi connectivity index (χ2n) is 6.32. The van der Waals surface area contributed by atoms with Gasteiger partial charge in [0.25, 0.3) is 0 Å². The number of pyridine rings is 1. The van der Waals surface area contributed by atoms with Gasteiger partial charge < -0.3 is 15.2 Å². The molecule has 2 heterocycles. The fourth-order valence-electron chi connectivity index (χ4n) is 3.30. The van der Waals surface area contributed by atoms with Gasteiger partial charge in [0.05, 0.1) is 11.2 Å². The lowest BCUT2D eigenvalue weighted by Gasteiger charge is -2.25. The van der Waals surface area contributed by atoms with Gasteiger partial charge in [0.2, 0.25) is 5.95 Å². The van der Waals surface area contributed by atoms with Crippen molar-refractivity contribution < 1.29 is 0 Å². The van der Waals surface area contributed by atoms with E-state index in [4.69, 9.17) is 28.9 Å². The van der Waals surface area contributed by atoms with E-state index in [1.54, 1.807) is 6.07 Å². The van der Waals surface area contributed by atoms with Crippen LogP contribution in [0, 0.1) is 0 Å². The van der Waals surface area contributed by atoms with E-state index in [1.165, 1.54) is 0 Å². The highest BCUT2D eigenvalue weighted by atomic mass is 35.5. The number of anilines is 2. The van der Waals surface area contributed by atoms with Gasteiger partial charge in [0.1, 0.15) is 15.8 Å². The predicted octanol–water partition coefficient (Wildman–Crippen LogP) is 5.15. The van der Waals surface area contributed by atoms with E-state index in [9.17, 15) is 0 Å². The second kappa shape index (κ2) is 7.72. The van der Waals surface area contributed by atoms with E-state index >= 15 is 0 Å². The van der Waals surface area contributed by atoms with E-state index in [2.05, 4.69) is 34.8 Å². The highest BCUT2D eigenvalue weighted by Gasteiger charge is 2.19. The minimum atomic E-state index is 0.356. The average molecular weight is 392 g/mol. The predicted molar refractivity (Wildman–Crippen MR) is 111 cm³/mol. The molecule has 0 saturated heterocycles. The van der Waals surface area contributed by atoms with Gasteiger partial charge >= 0.3 is 0 Å². The first-order valence-electron chi connectivity index (χ1n) is 8.80. The van der Waals surface area contributed by atoms with Gasteiger partial charge in [0.15, 0.2) is 0 Å². The molecule has 5 nitrogen and oxygen atoms in total. The molecule has 3 aromatic rings. The Kier molecular flexibility index (Phi) is 5.58. The normalized spacial score (nSPS) is 11.3.